The van der Waals surface area contributed by atoms with Gasteiger partial charge in [-0.05, 0) is 47.8 Å². The van der Waals surface area contributed by atoms with Crippen LogP contribution in [0, 0.1) is 27.6 Å². The molecule has 0 aromatic carbocycles. The smallest absolute Gasteiger partial charge is 0.408 e. The summed E-state index contributed by atoms with van der Waals surface area (Å²) in [7, 11) is 0. The summed E-state index contributed by atoms with van der Waals surface area (Å²) < 4.78 is 11.0. The highest BCUT2D eigenvalue weighted by Crippen LogP contribution is 2.88. The van der Waals surface area contributed by atoms with Gasteiger partial charge in [-0.3, -0.25) is 19.2 Å². The van der Waals surface area contributed by atoms with Crippen LogP contribution in [-0.2, 0) is 28.7 Å². The number of fused-ring (bicyclic) bond motifs is 1. The van der Waals surface area contributed by atoms with E-state index in [-0.39, 0.29) is 34.2 Å². The van der Waals surface area contributed by atoms with E-state index in [4.69, 9.17) is 15.2 Å². The summed E-state index contributed by atoms with van der Waals surface area (Å²) in [5, 5.41) is 5.68. The molecule has 2 saturated heterocycles. The van der Waals surface area contributed by atoms with E-state index in [1.807, 2.05) is 20.8 Å². The number of carbonyl (C=O) groups excluding carboxylic acids is 5. The Kier molecular flexibility index (Phi) is 8.37. The van der Waals surface area contributed by atoms with Crippen LogP contribution in [0.25, 0.3) is 0 Å². The third-order valence-electron chi connectivity index (χ3n) is 11.9. The molecule has 11 heteroatoms. The first-order valence-electron chi connectivity index (χ1n) is 16.1. The summed E-state index contributed by atoms with van der Waals surface area (Å²) in [6.07, 6.45) is 7.26. The van der Waals surface area contributed by atoms with Crippen molar-refractivity contribution in [3.63, 3.8) is 0 Å². The third kappa shape index (κ3) is 5.44. The van der Waals surface area contributed by atoms with E-state index in [0.717, 1.165) is 38.5 Å². The van der Waals surface area contributed by atoms with Gasteiger partial charge in [0.25, 0.3) is 5.91 Å². The maximum atomic E-state index is 14.5. The topological polar surface area (TPSA) is 157 Å². The Labute approximate surface area is 254 Å². The fraction of sp³-hybridized carbons (Fsp3) is 0.844. The summed E-state index contributed by atoms with van der Waals surface area (Å²) in [6.45, 7) is 11.5. The zero-order valence-corrected chi connectivity index (χ0v) is 26.5. The van der Waals surface area contributed by atoms with Gasteiger partial charge in [-0.2, -0.15) is 0 Å². The molecule has 5 aliphatic rings. The third-order valence-corrected chi connectivity index (χ3v) is 11.9. The van der Waals surface area contributed by atoms with Crippen molar-refractivity contribution in [2.24, 2.45) is 33.3 Å². The van der Waals surface area contributed by atoms with Crippen LogP contribution in [0.4, 0.5) is 4.79 Å². The number of likely N-dealkylation sites (tertiary alicyclic amines) is 1. The number of nitrogens with two attached hydrogens (primary N) is 1. The zero-order valence-electron chi connectivity index (χ0n) is 26.5. The Bertz CT molecular complexity index is 1150. The van der Waals surface area contributed by atoms with Gasteiger partial charge in [-0.1, -0.05) is 60.3 Å². The second kappa shape index (κ2) is 11.3. The van der Waals surface area contributed by atoms with Gasteiger partial charge in [0.2, 0.25) is 17.6 Å². The number of rotatable bonds is 9. The quantitative estimate of drug-likeness (QED) is 0.343. The molecule has 2 aliphatic heterocycles. The Hall–Kier alpha value is -2.69. The number of nitrogens with one attached hydrogen (secondary N) is 2. The summed E-state index contributed by atoms with van der Waals surface area (Å²) >= 11 is 0. The molecule has 0 aromatic heterocycles. The Morgan fingerprint density at radius 1 is 0.977 bits per heavy atom. The molecule has 11 nitrogen and oxygen atoms in total. The van der Waals surface area contributed by atoms with Crippen LogP contribution in [0.1, 0.15) is 98.8 Å². The Morgan fingerprint density at radius 2 is 1.63 bits per heavy atom. The number of hydrogen-bond donors (Lipinski definition) is 3. The number of amides is 4. The molecule has 2 spiro atoms. The van der Waals surface area contributed by atoms with Crippen molar-refractivity contribution in [3.8, 4) is 0 Å². The number of nitrogens with zero attached hydrogens (tertiary/aromatic N) is 1. The molecule has 4 atom stereocenters. The van der Waals surface area contributed by atoms with Crippen molar-refractivity contribution >= 4 is 29.6 Å². The molecule has 43 heavy (non-hydrogen) atoms. The standard InChI is InChI=1S/C32H50N4O7/c1-29(2,3)24(35-28(41)43-20-10-14-42-15-11-20)27(40)36-18-32(30(4,5)31(32)12-7-13-31)17-22(36)26(39)34-21(23(37)25(33)38)16-19-8-6-9-19/h19-22,24H,6-18H2,1-5H3,(H2,33,38)(H,34,39)(H,35,41)/t21?,22-,24-,32-/m0/s1. The molecule has 0 radical (unpaired) electrons. The maximum absolute atomic E-state index is 14.5. The lowest BCUT2D eigenvalue weighted by Gasteiger charge is -2.36. The lowest BCUT2D eigenvalue weighted by molar-refractivity contribution is -0.143. The fourth-order valence-corrected chi connectivity index (χ4v) is 8.71. The van der Waals surface area contributed by atoms with Crippen molar-refractivity contribution < 1.29 is 33.4 Å². The summed E-state index contributed by atoms with van der Waals surface area (Å²) in [6, 6.07) is -2.79. The summed E-state index contributed by atoms with van der Waals surface area (Å²) in [5.41, 5.74) is 4.45. The zero-order chi connectivity index (χ0) is 31.4. The molecule has 3 saturated carbocycles. The number of carbonyl (C=O) groups is 5. The molecule has 0 bridgehead atoms. The molecular formula is C32H50N4O7. The van der Waals surface area contributed by atoms with Crippen LogP contribution < -0.4 is 16.4 Å². The normalized spacial score (nSPS) is 29.2. The molecule has 2 heterocycles. The van der Waals surface area contributed by atoms with Crippen LogP contribution in [-0.4, -0.2) is 78.5 Å². The minimum atomic E-state index is -1.07. The molecule has 5 fully saturated rings. The van der Waals surface area contributed by atoms with E-state index in [0.29, 0.717) is 45.4 Å². The average molecular weight is 603 g/mol. The SMILES string of the molecule is CC(C)(C)[C@@H](NC(=O)OC1CCOCC1)C(=O)N1C[C@@]2(C[C@H]1C(=O)NC(CC1CCC1)C(=O)C(N)=O)C(C)(C)C21CCC1. The van der Waals surface area contributed by atoms with Crippen molar-refractivity contribution in [3.05, 3.63) is 0 Å². The van der Waals surface area contributed by atoms with Crippen LogP contribution in [0.5, 0.6) is 0 Å². The van der Waals surface area contributed by atoms with Gasteiger partial charge >= 0.3 is 6.09 Å². The lowest BCUT2D eigenvalue weighted by atomic mass is 9.73. The molecule has 3 aliphatic carbocycles. The van der Waals surface area contributed by atoms with E-state index < -0.39 is 47.2 Å². The summed E-state index contributed by atoms with van der Waals surface area (Å²) in [5.74, 6) is -2.42. The minimum Gasteiger partial charge on any atom is -0.446 e. The van der Waals surface area contributed by atoms with Crippen LogP contribution in [0.15, 0.2) is 0 Å². The minimum absolute atomic E-state index is 0.0627. The van der Waals surface area contributed by atoms with Crippen LogP contribution in [0.3, 0.4) is 0 Å². The first-order chi connectivity index (χ1) is 20.1. The molecule has 1 unspecified atom stereocenters. The Morgan fingerprint density at radius 3 is 2.12 bits per heavy atom. The van der Waals surface area contributed by atoms with Crippen LogP contribution in [0.2, 0.25) is 0 Å². The van der Waals surface area contributed by atoms with Gasteiger partial charge in [-0.25, -0.2) is 4.79 Å². The van der Waals surface area contributed by atoms with Gasteiger partial charge < -0.3 is 30.7 Å². The highest BCUT2D eigenvalue weighted by Gasteiger charge is 2.85. The molecule has 5 rings (SSSR count). The first kappa shape index (κ1) is 31.7. The second-order valence-electron chi connectivity index (χ2n) is 15.3. The molecule has 240 valence electrons. The van der Waals surface area contributed by atoms with Crippen LogP contribution >= 0.6 is 0 Å². The molecule has 0 aromatic rings. The molecule has 4 N–H and O–H groups in total. The predicted molar refractivity (Wildman–Crippen MR) is 157 cm³/mol. The predicted octanol–water partition coefficient (Wildman–Crippen LogP) is 2.83. The van der Waals surface area contributed by atoms with E-state index in [9.17, 15) is 24.0 Å². The van der Waals surface area contributed by atoms with Gasteiger partial charge in [0, 0.05) is 24.8 Å². The van der Waals surface area contributed by atoms with Crippen molar-refractivity contribution in [1.29, 1.82) is 0 Å². The maximum Gasteiger partial charge on any atom is 0.408 e. The van der Waals surface area contributed by atoms with E-state index in [1.165, 1.54) is 0 Å². The van der Waals surface area contributed by atoms with Crippen molar-refractivity contribution in [2.75, 3.05) is 19.8 Å². The van der Waals surface area contributed by atoms with Crippen molar-refractivity contribution in [1.82, 2.24) is 15.5 Å². The number of alkyl carbamates (subject to hydrolysis) is 1. The van der Waals surface area contributed by atoms with Crippen molar-refractivity contribution in [2.45, 2.75) is 123 Å². The number of Topliss-reactive ketones (excluding diaryl/α,β-unsaturated/α-hetero) is 1. The number of ketones is 1. The molecular weight excluding hydrogens is 552 g/mol. The van der Waals surface area contributed by atoms with Gasteiger partial charge in [-0.15, -0.1) is 0 Å². The fourth-order valence-electron chi connectivity index (χ4n) is 8.71. The second-order valence-corrected chi connectivity index (χ2v) is 15.3. The van der Waals surface area contributed by atoms with E-state index in [2.05, 4.69) is 24.5 Å². The number of ether oxygens (including phenoxy) is 2. The molecule has 4 amide bonds. The largest absolute Gasteiger partial charge is 0.446 e. The highest BCUT2D eigenvalue weighted by molar-refractivity contribution is 6.37. The van der Waals surface area contributed by atoms with Gasteiger partial charge in [0.1, 0.15) is 18.2 Å². The van der Waals surface area contributed by atoms with Gasteiger partial charge in [0.05, 0.1) is 19.3 Å². The highest BCUT2D eigenvalue weighted by atomic mass is 16.6. The van der Waals surface area contributed by atoms with Gasteiger partial charge in [0.15, 0.2) is 0 Å². The number of primary amides is 1. The first-order valence-corrected chi connectivity index (χ1v) is 16.1. The average Bonchev–Trinajstić information content (AvgIpc) is 3.11. The van der Waals surface area contributed by atoms with E-state index >= 15 is 0 Å². The monoisotopic (exact) mass is 602 g/mol. The lowest BCUT2D eigenvalue weighted by Crippen LogP contribution is -2.59. The summed E-state index contributed by atoms with van der Waals surface area (Å²) in [4.78, 5) is 67.8. The Balaban J connectivity index is 1.39. The van der Waals surface area contributed by atoms with E-state index in [1.54, 1.807) is 4.90 Å². The number of hydrogen-bond acceptors (Lipinski definition) is 7.